The fourth-order valence-electron chi connectivity index (χ4n) is 3.98. The first-order valence-corrected chi connectivity index (χ1v) is 15.6. The second-order valence-corrected chi connectivity index (χ2v) is 12.6. The highest BCUT2D eigenvalue weighted by Gasteiger charge is 2.51. The molecule has 1 aromatic heterocycles. The number of benzene rings is 4. The molecule has 220 valence electrons. The number of halogens is 3. The third-order valence-electron chi connectivity index (χ3n) is 6.05. The van der Waals surface area contributed by atoms with E-state index in [1.807, 2.05) is 36.4 Å². The summed E-state index contributed by atoms with van der Waals surface area (Å²) >= 11 is 4.31. The Kier molecular flexibility index (Phi) is 8.72. The zero-order chi connectivity index (χ0) is 30.8. The minimum absolute atomic E-state index is 0.0897. The molecule has 1 heterocycles. The van der Waals surface area contributed by atoms with Gasteiger partial charge in [-0.3, -0.25) is 4.57 Å². The van der Waals surface area contributed by atoms with Crippen LogP contribution in [0.2, 0.25) is 0 Å². The predicted molar refractivity (Wildman–Crippen MR) is 160 cm³/mol. The predicted octanol–water partition coefficient (Wildman–Crippen LogP) is 7.37. The van der Waals surface area contributed by atoms with E-state index in [1.165, 1.54) is 35.6 Å². The van der Waals surface area contributed by atoms with Crippen LogP contribution < -0.4 is 9.54 Å². The third kappa shape index (κ3) is 6.98. The Morgan fingerprint density at radius 1 is 0.977 bits per heavy atom. The Morgan fingerprint density at radius 3 is 2.35 bits per heavy atom. The Hall–Kier alpha value is -4.00. The lowest BCUT2D eigenvalue weighted by Crippen LogP contribution is -2.18. The van der Waals surface area contributed by atoms with Gasteiger partial charge in [0.2, 0.25) is 4.80 Å². The van der Waals surface area contributed by atoms with E-state index in [2.05, 4.69) is 15.9 Å². The summed E-state index contributed by atoms with van der Waals surface area (Å²) in [4.78, 5) is 34.8. The van der Waals surface area contributed by atoms with E-state index < -0.39 is 24.8 Å². The van der Waals surface area contributed by atoms with E-state index in [0.717, 1.165) is 6.07 Å². The van der Waals surface area contributed by atoms with E-state index in [-0.39, 0.29) is 16.6 Å². The van der Waals surface area contributed by atoms with Crippen LogP contribution in [0.1, 0.15) is 21.5 Å². The van der Waals surface area contributed by atoms with Crippen molar-refractivity contribution < 1.29 is 37.8 Å². The molecule has 0 spiro atoms. The summed E-state index contributed by atoms with van der Waals surface area (Å²) in [5.74, 6) is -0.267. The number of aromatic carboxylic acids is 1. The molecule has 0 aliphatic carbocycles. The molecular weight excluding hydrogens is 667 g/mol. The van der Waals surface area contributed by atoms with Crippen molar-refractivity contribution in [3.63, 3.8) is 0 Å². The molecule has 4 aromatic carbocycles. The molecule has 0 unspecified atom stereocenters. The summed E-state index contributed by atoms with van der Waals surface area (Å²) in [7, 11) is -5.74. The van der Waals surface area contributed by atoms with Crippen LogP contribution in [0.3, 0.4) is 0 Å². The number of ether oxygens (including phenoxy) is 1. The van der Waals surface area contributed by atoms with E-state index in [1.54, 1.807) is 35.0 Å². The van der Waals surface area contributed by atoms with Crippen LogP contribution in [-0.4, -0.2) is 30.6 Å². The van der Waals surface area contributed by atoms with E-state index in [0.29, 0.717) is 38.1 Å². The summed E-state index contributed by atoms with van der Waals surface area (Å²) < 4.78 is 47.4. The maximum Gasteiger partial charge on any atom is 0.399 e. The molecule has 0 amide bonds. The number of carboxylic acids is 1. The number of nitrogens with zero attached hydrogens (tertiary/aromatic N) is 3. The first-order chi connectivity index (χ1) is 20.4. The van der Waals surface area contributed by atoms with Crippen molar-refractivity contribution in [2.24, 2.45) is 4.99 Å². The zero-order valence-electron chi connectivity index (χ0n) is 21.8. The Morgan fingerprint density at radius 2 is 1.67 bits per heavy atom. The molecule has 0 atom stereocenters. The topological polar surface area (TPSA) is 134 Å². The lowest BCUT2D eigenvalue weighted by atomic mass is 10.1. The maximum absolute atomic E-state index is 14.3. The first-order valence-electron chi connectivity index (χ1n) is 12.4. The van der Waals surface area contributed by atoms with Gasteiger partial charge in [0.05, 0.1) is 17.8 Å². The summed E-state index contributed by atoms with van der Waals surface area (Å²) in [5.41, 5.74) is -3.21. The van der Waals surface area contributed by atoms with Gasteiger partial charge in [-0.15, -0.1) is 0 Å². The Bertz CT molecular complexity index is 1930. The molecule has 0 fully saturated rings. The van der Waals surface area contributed by atoms with Crippen molar-refractivity contribution in [2.45, 2.75) is 12.2 Å². The van der Waals surface area contributed by atoms with E-state index >= 15 is 0 Å². The molecule has 0 radical (unpaired) electrons. The van der Waals surface area contributed by atoms with Crippen LogP contribution in [-0.2, 0) is 16.8 Å². The van der Waals surface area contributed by atoms with Crippen molar-refractivity contribution in [3.8, 4) is 22.1 Å². The standard InChI is InChI=1S/C29H21BrF2N3O6PS/c30-25-14-18(12-13-24(25)29(31,32)42(38,39)40)17-35-28(33-21-8-2-1-3-9-21)43-26(34-35)19-6-4-10-22(15-19)41-23-11-5-7-20(16-23)27(36)37/h1-16H,17H2,(H,36,37)(H2,38,39,40)/b33-28+. The van der Waals surface area contributed by atoms with Crippen molar-refractivity contribution in [1.82, 2.24) is 9.78 Å². The Balaban J connectivity index is 1.50. The van der Waals surface area contributed by atoms with Gasteiger partial charge in [0.1, 0.15) is 16.5 Å². The molecule has 0 aliphatic rings. The van der Waals surface area contributed by atoms with Crippen molar-refractivity contribution >= 4 is 46.5 Å². The summed E-state index contributed by atoms with van der Waals surface area (Å²) in [6.45, 7) is 0.112. The second kappa shape index (κ2) is 12.3. The van der Waals surface area contributed by atoms with Crippen LogP contribution in [0, 0.1) is 0 Å². The molecular formula is C29H21BrF2N3O6PS. The smallest absolute Gasteiger partial charge is 0.399 e. The Labute approximate surface area is 255 Å². The second-order valence-electron chi connectivity index (χ2n) is 9.16. The molecule has 0 saturated carbocycles. The van der Waals surface area contributed by atoms with Gasteiger partial charge in [-0.25, -0.2) is 14.5 Å². The minimum atomic E-state index is -5.74. The van der Waals surface area contributed by atoms with Gasteiger partial charge >= 0.3 is 19.2 Å². The average molecular weight is 688 g/mol. The van der Waals surface area contributed by atoms with Gasteiger partial charge in [-0.1, -0.05) is 75.8 Å². The number of carbonyl (C=O) groups is 1. The van der Waals surface area contributed by atoms with E-state index in [9.17, 15) is 23.2 Å². The summed E-state index contributed by atoms with van der Waals surface area (Å²) in [5, 5.41) is 14.6. The van der Waals surface area contributed by atoms with Crippen LogP contribution in [0.15, 0.2) is 107 Å². The molecule has 14 heteroatoms. The third-order valence-corrected chi connectivity index (χ3v) is 8.68. The average Bonchev–Trinajstić information content (AvgIpc) is 3.35. The van der Waals surface area contributed by atoms with Gasteiger partial charge in [-0.05, 0) is 54.1 Å². The number of rotatable bonds is 9. The SMILES string of the molecule is O=C(O)c1cccc(Oc2cccc(-c3nn(Cc4ccc(C(F)(F)P(=O)(O)O)c(Br)c4)/c(=N\c4ccccc4)s3)c2)c1. The normalized spacial score (nSPS) is 12.3. The van der Waals surface area contributed by atoms with Crippen molar-refractivity contribution in [1.29, 1.82) is 0 Å². The monoisotopic (exact) mass is 687 g/mol. The van der Waals surface area contributed by atoms with Crippen LogP contribution in [0.25, 0.3) is 10.6 Å². The number of para-hydroxylation sites is 1. The van der Waals surface area contributed by atoms with Gasteiger partial charge in [-0.2, -0.15) is 13.9 Å². The van der Waals surface area contributed by atoms with Gasteiger partial charge in [0, 0.05) is 15.6 Å². The molecule has 0 bridgehead atoms. The lowest BCUT2D eigenvalue weighted by molar-refractivity contribution is 0.0557. The molecule has 9 nitrogen and oxygen atoms in total. The number of carboxylic acid groups (broad SMARTS) is 1. The largest absolute Gasteiger partial charge is 0.478 e. The molecule has 0 aliphatic heterocycles. The number of alkyl halides is 2. The lowest BCUT2D eigenvalue weighted by Gasteiger charge is -2.19. The highest BCUT2D eigenvalue weighted by Crippen LogP contribution is 2.60. The number of hydrogen-bond donors (Lipinski definition) is 3. The van der Waals surface area contributed by atoms with Crippen molar-refractivity contribution in [2.75, 3.05) is 0 Å². The molecule has 43 heavy (non-hydrogen) atoms. The summed E-state index contributed by atoms with van der Waals surface area (Å²) in [6.07, 6.45) is 0. The molecule has 3 N–H and O–H groups in total. The van der Waals surface area contributed by atoms with Gasteiger partial charge < -0.3 is 19.6 Å². The maximum atomic E-state index is 14.3. The highest BCUT2D eigenvalue weighted by molar-refractivity contribution is 9.10. The van der Waals surface area contributed by atoms with Gasteiger partial charge in [0.25, 0.3) is 0 Å². The molecule has 5 rings (SSSR count). The quantitative estimate of drug-likeness (QED) is 0.138. The summed E-state index contributed by atoms with van der Waals surface area (Å²) in [6, 6.07) is 26.0. The van der Waals surface area contributed by atoms with Gasteiger partial charge in [0.15, 0.2) is 0 Å². The van der Waals surface area contributed by atoms with E-state index in [4.69, 9.17) is 24.6 Å². The fraction of sp³-hybridized carbons (Fsp3) is 0.0690. The molecule has 5 aromatic rings. The number of aromatic nitrogens is 2. The van der Waals surface area contributed by atoms with Crippen LogP contribution in [0.5, 0.6) is 11.5 Å². The zero-order valence-corrected chi connectivity index (χ0v) is 25.1. The minimum Gasteiger partial charge on any atom is -0.478 e. The van der Waals surface area contributed by atoms with Crippen LogP contribution >= 0.6 is 34.9 Å². The fourth-order valence-corrected chi connectivity index (χ4v) is 6.23. The number of hydrogen-bond acceptors (Lipinski definition) is 6. The van der Waals surface area contributed by atoms with Crippen molar-refractivity contribution in [3.05, 3.63) is 123 Å². The van der Waals surface area contributed by atoms with Crippen LogP contribution in [0.4, 0.5) is 14.5 Å². The molecule has 0 saturated heterocycles. The highest BCUT2D eigenvalue weighted by atomic mass is 79.9. The first kappa shape index (κ1) is 30.5.